The summed E-state index contributed by atoms with van der Waals surface area (Å²) in [5.74, 6) is 0.101. The molecule has 0 saturated heterocycles. The van der Waals surface area contributed by atoms with E-state index in [9.17, 15) is 4.79 Å². The number of carbonyl (C=O) groups is 1. The molecule has 0 unspecified atom stereocenters. The predicted molar refractivity (Wildman–Crippen MR) is 35.3 cm³/mol. The molecule has 0 N–H and O–H groups in total. The lowest BCUT2D eigenvalue weighted by molar-refractivity contribution is 0.101. The van der Waals surface area contributed by atoms with Crippen LogP contribution in [-0.2, 0) is 0 Å². The maximum atomic E-state index is 10.6. The molecule has 0 amide bonds. The normalized spacial score (nSPS) is 9.00. The van der Waals surface area contributed by atoms with E-state index >= 15 is 0 Å². The van der Waals surface area contributed by atoms with Crippen molar-refractivity contribution >= 4 is 5.78 Å². The highest BCUT2D eigenvalue weighted by Gasteiger charge is 1.92. The van der Waals surface area contributed by atoms with Crippen LogP contribution in [0, 0.1) is 6.07 Å². The van der Waals surface area contributed by atoms with Gasteiger partial charge < -0.3 is 0 Å². The lowest BCUT2D eigenvalue weighted by Crippen LogP contribution is -1.88. The number of rotatable bonds is 1. The third kappa shape index (κ3) is 1.39. The summed E-state index contributed by atoms with van der Waals surface area (Å²) in [4.78, 5) is 10.6. The lowest BCUT2D eigenvalue weighted by atomic mass is 10.2. The Morgan fingerprint density at radius 2 is 2.00 bits per heavy atom. The molecule has 0 spiro atoms. The molecule has 1 radical (unpaired) electrons. The fourth-order valence-corrected chi connectivity index (χ4v) is 0.622. The highest BCUT2D eigenvalue weighted by molar-refractivity contribution is 5.93. The molecule has 45 valence electrons. The van der Waals surface area contributed by atoms with Gasteiger partial charge in [-0.25, -0.2) is 0 Å². The van der Waals surface area contributed by atoms with Crippen molar-refractivity contribution in [3.8, 4) is 0 Å². The number of carbonyl (C=O) groups excluding carboxylic acids is 1. The Balaban J connectivity index is 2.98. The summed E-state index contributed by atoms with van der Waals surface area (Å²) < 4.78 is 0. The quantitative estimate of drug-likeness (QED) is 0.514. The molecule has 9 heavy (non-hydrogen) atoms. The Hall–Kier alpha value is -1.11. The number of hydrogen-bond acceptors (Lipinski definition) is 1. The zero-order valence-electron chi connectivity index (χ0n) is 5.22. The lowest BCUT2D eigenvalue weighted by Gasteiger charge is -1.89. The monoisotopic (exact) mass is 119 g/mol. The first-order valence-corrected chi connectivity index (χ1v) is 2.78. The van der Waals surface area contributed by atoms with Crippen LogP contribution in [0.1, 0.15) is 17.3 Å². The predicted octanol–water partition coefficient (Wildman–Crippen LogP) is 1.69. The van der Waals surface area contributed by atoms with Gasteiger partial charge in [-0.15, -0.1) is 0 Å². The minimum Gasteiger partial charge on any atom is -0.295 e. The Labute approximate surface area is 54.3 Å². The average Bonchev–Trinajstić information content (AvgIpc) is 1.90. The van der Waals surface area contributed by atoms with Gasteiger partial charge in [-0.1, -0.05) is 24.3 Å². The third-order valence-electron chi connectivity index (χ3n) is 1.12. The topological polar surface area (TPSA) is 17.1 Å². The molecule has 0 aromatic heterocycles. The van der Waals surface area contributed by atoms with E-state index in [1.807, 2.05) is 0 Å². The molecule has 0 bridgehead atoms. The van der Waals surface area contributed by atoms with Crippen LogP contribution in [-0.4, -0.2) is 5.78 Å². The number of benzene rings is 1. The summed E-state index contributed by atoms with van der Waals surface area (Å²) in [6.45, 7) is 1.55. The molecular weight excluding hydrogens is 112 g/mol. The van der Waals surface area contributed by atoms with E-state index in [1.54, 1.807) is 31.2 Å². The van der Waals surface area contributed by atoms with Gasteiger partial charge in [-0.3, -0.25) is 4.79 Å². The van der Waals surface area contributed by atoms with E-state index in [-0.39, 0.29) is 5.78 Å². The minimum absolute atomic E-state index is 0.101. The van der Waals surface area contributed by atoms with Crippen LogP contribution in [0.5, 0.6) is 0 Å². The summed E-state index contributed by atoms with van der Waals surface area (Å²) in [5, 5.41) is 0. The summed E-state index contributed by atoms with van der Waals surface area (Å²) in [7, 11) is 0. The average molecular weight is 119 g/mol. The molecule has 0 fully saturated rings. The molecule has 0 aliphatic rings. The van der Waals surface area contributed by atoms with Gasteiger partial charge in [0.2, 0.25) is 0 Å². The molecule has 0 aliphatic heterocycles. The molecule has 0 heterocycles. The van der Waals surface area contributed by atoms with E-state index in [2.05, 4.69) is 6.07 Å². The molecule has 1 nitrogen and oxygen atoms in total. The van der Waals surface area contributed by atoms with Crippen LogP contribution < -0.4 is 0 Å². The zero-order valence-corrected chi connectivity index (χ0v) is 5.22. The zero-order chi connectivity index (χ0) is 6.69. The second-order valence-corrected chi connectivity index (χ2v) is 1.84. The van der Waals surface area contributed by atoms with Gasteiger partial charge in [0.1, 0.15) is 0 Å². The first kappa shape index (κ1) is 6.02. The van der Waals surface area contributed by atoms with Crippen molar-refractivity contribution in [1.29, 1.82) is 0 Å². The van der Waals surface area contributed by atoms with Gasteiger partial charge in [0.25, 0.3) is 0 Å². The minimum atomic E-state index is 0.101. The number of Topliss-reactive ketones (excluding diaryl/α,β-unsaturated/α-hetero) is 1. The smallest absolute Gasteiger partial charge is 0.159 e. The number of ketones is 1. The SMILES string of the molecule is CC(=O)c1cc[c]cc1. The first-order chi connectivity index (χ1) is 4.30. The fourth-order valence-electron chi connectivity index (χ4n) is 0.622. The van der Waals surface area contributed by atoms with Crippen LogP contribution in [0.25, 0.3) is 0 Å². The fraction of sp³-hybridized carbons (Fsp3) is 0.125. The molecule has 0 atom stereocenters. The van der Waals surface area contributed by atoms with E-state index < -0.39 is 0 Å². The van der Waals surface area contributed by atoms with E-state index in [0.717, 1.165) is 5.56 Å². The summed E-state index contributed by atoms with van der Waals surface area (Å²) in [6.07, 6.45) is 0. The van der Waals surface area contributed by atoms with E-state index in [1.165, 1.54) is 0 Å². The van der Waals surface area contributed by atoms with Crippen molar-refractivity contribution in [1.82, 2.24) is 0 Å². The second-order valence-electron chi connectivity index (χ2n) is 1.84. The molecule has 1 aromatic carbocycles. The Kier molecular flexibility index (Phi) is 1.63. The molecule has 1 aromatic rings. The van der Waals surface area contributed by atoms with Crippen LogP contribution in [0.2, 0.25) is 0 Å². The van der Waals surface area contributed by atoms with Gasteiger partial charge >= 0.3 is 0 Å². The van der Waals surface area contributed by atoms with Gasteiger partial charge in [-0.2, -0.15) is 0 Å². The number of hydrogen-bond donors (Lipinski definition) is 0. The van der Waals surface area contributed by atoms with Gasteiger partial charge in [0.15, 0.2) is 5.78 Å². The van der Waals surface area contributed by atoms with Crippen molar-refractivity contribution in [3.05, 3.63) is 35.9 Å². The second kappa shape index (κ2) is 2.44. The summed E-state index contributed by atoms with van der Waals surface area (Å²) in [6, 6.07) is 9.81. The van der Waals surface area contributed by atoms with Crippen LogP contribution in [0.3, 0.4) is 0 Å². The Morgan fingerprint density at radius 3 is 2.33 bits per heavy atom. The van der Waals surface area contributed by atoms with Crippen molar-refractivity contribution in [2.24, 2.45) is 0 Å². The highest BCUT2D eigenvalue weighted by Crippen LogP contribution is 1.97. The molecule has 0 saturated carbocycles. The maximum Gasteiger partial charge on any atom is 0.159 e. The Bertz CT molecular complexity index is 201. The van der Waals surface area contributed by atoms with Gasteiger partial charge in [-0.05, 0) is 13.0 Å². The van der Waals surface area contributed by atoms with E-state index in [4.69, 9.17) is 0 Å². The molecule has 0 aliphatic carbocycles. The van der Waals surface area contributed by atoms with Crippen molar-refractivity contribution < 1.29 is 4.79 Å². The first-order valence-electron chi connectivity index (χ1n) is 2.78. The third-order valence-corrected chi connectivity index (χ3v) is 1.12. The Morgan fingerprint density at radius 1 is 1.44 bits per heavy atom. The van der Waals surface area contributed by atoms with Crippen molar-refractivity contribution in [3.63, 3.8) is 0 Å². The standard InChI is InChI=1S/C8H7O/c1-7(9)8-5-3-2-4-6-8/h3-6H,1H3. The largest absolute Gasteiger partial charge is 0.295 e. The van der Waals surface area contributed by atoms with Gasteiger partial charge in [0, 0.05) is 5.56 Å². The summed E-state index contributed by atoms with van der Waals surface area (Å²) >= 11 is 0. The van der Waals surface area contributed by atoms with Crippen LogP contribution >= 0.6 is 0 Å². The molecule has 1 rings (SSSR count). The molecular formula is C8H7O. The summed E-state index contributed by atoms with van der Waals surface area (Å²) in [5.41, 5.74) is 0.744. The highest BCUT2D eigenvalue weighted by atomic mass is 16.1. The van der Waals surface area contributed by atoms with E-state index in [0.29, 0.717) is 0 Å². The maximum absolute atomic E-state index is 10.6. The van der Waals surface area contributed by atoms with Crippen molar-refractivity contribution in [2.75, 3.05) is 0 Å². The molecule has 1 heteroatoms. The van der Waals surface area contributed by atoms with Crippen LogP contribution in [0.15, 0.2) is 24.3 Å². The van der Waals surface area contributed by atoms with Crippen LogP contribution in [0.4, 0.5) is 0 Å². The van der Waals surface area contributed by atoms with Gasteiger partial charge in [0.05, 0.1) is 0 Å². The van der Waals surface area contributed by atoms with Crippen molar-refractivity contribution in [2.45, 2.75) is 6.92 Å².